The summed E-state index contributed by atoms with van der Waals surface area (Å²) < 4.78 is 5.22. The number of ether oxygens (including phenoxy) is 1. The first-order valence-corrected chi connectivity index (χ1v) is 8.67. The van der Waals surface area contributed by atoms with Crippen LogP contribution in [0.5, 0.6) is 5.75 Å². The Kier molecular flexibility index (Phi) is 5.66. The molecule has 1 amide bonds. The normalized spacial score (nSPS) is 20.4. The van der Waals surface area contributed by atoms with Crippen molar-refractivity contribution in [1.29, 1.82) is 0 Å². The van der Waals surface area contributed by atoms with Crippen LogP contribution in [0, 0.1) is 5.92 Å². The summed E-state index contributed by atoms with van der Waals surface area (Å²) in [6, 6.07) is 13.3. The fourth-order valence-corrected chi connectivity index (χ4v) is 3.23. The van der Waals surface area contributed by atoms with E-state index >= 15 is 0 Å². The Hall–Kier alpha value is -2.40. The molecular weight excluding hydrogens is 316 g/mol. The fraction of sp³-hybridized carbons (Fsp3) is 0.400. The number of methoxy groups -OCH3 is 1. The summed E-state index contributed by atoms with van der Waals surface area (Å²) in [6.07, 6.45) is 3.95. The minimum atomic E-state index is -0.259. The van der Waals surface area contributed by atoms with Crippen LogP contribution in [0.1, 0.15) is 36.6 Å². The average Bonchev–Trinajstić information content (AvgIpc) is 2.63. The first-order chi connectivity index (χ1) is 12.2. The van der Waals surface area contributed by atoms with Gasteiger partial charge in [-0.2, -0.15) is 0 Å². The molecule has 2 N–H and O–H groups in total. The van der Waals surface area contributed by atoms with E-state index in [-0.39, 0.29) is 24.0 Å². The number of aliphatic hydroxyl groups is 1. The summed E-state index contributed by atoms with van der Waals surface area (Å²) in [6.45, 7) is 0. The van der Waals surface area contributed by atoms with Crippen molar-refractivity contribution in [3.63, 3.8) is 0 Å². The van der Waals surface area contributed by atoms with Crippen molar-refractivity contribution in [3.05, 3.63) is 59.9 Å². The number of benzene rings is 1. The molecule has 5 nitrogen and oxygen atoms in total. The van der Waals surface area contributed by atoms with E-state index in [9.17, 15) is 9.90 Å². The number of nitrogens with zero attached hydrogens (tertiary/aromatic N) is 1. The lowest BCUT2D eigenvalue weighted by molar-refractivity contribution is -0.123. The van der Waals surface area contributed by atoms with Crippen LogP contribution in [0.2, 0.25) is 0 Å². The molecule has 0 aliphatic heterocycles. The quantitative estimate of drug-likeness (QED) is 0.813. The number of nitrogens with one attached hydrogen (secondary N) is 1. The molecule has 5 heteroatoms. The van der Waals surface area contributed by atoms with Crippen molar-refractivity contribution in [1.82, 2.24) is 10.3 Å². The average molecular weight is 340 g/mol. The fourth-order valence-electron chi connectivity index (χ4n) is 3.23. The van der Waals surface area contributed by atoms with E-state index in [0.29, 0.717) is 25.7 Å². The second-order valence-corrected chi connectivity index (χ2v) is 6.54. The maximum Gasteiger partial charge on any atom is 0.220 e. The largest absolute Gasteiger partial charge is 0.497 e. The molecule has 1 unspecified atom stereocenters. The highest BCUT2D eigenvalue weighted by Gasteiger charge is 2.36. The highest BCUT2D eigenvalue weighted by molar-refractivity contribution is 5.76. The predicted octanol–water partition coefficient (Wildman–Crippen LogP) is 2.65. The third kappa shape index (κ3) is 4.57. The van der Waals surface area contributed by atoms with Gasteiger partial charge in [0.2, 0.25) is 5.91 Å². The Morgan fingerprint density at radius 1 is 1.32 bits per heavy atom. The molecule has 0 spiro atoms. The van der Waals surface area contributed by atoms with Crippen LogP contribution < -0.4 is 10.1 Å². The first kappa shape index (κ1) is 17.4. The Morgan fingerprint density at radius 3 is 2.84 bits per heavy atom. The lowest BCUT2D eigenvalue weighted by Gasteiger charge is -2.37. The SMILES string of the molecule is COc1cccc(CCC(=O)NC(c2ccccn2)C2CC(O)C2)c1. The van der Waals surface area contributed by atoms with Gasteiger partial charge in [0.15, 0.2) is 0 Å². The number of rotatable bonds is 7. The molecule has 0 saturated heterocycles. The monoisotopic (exact) mass is 340 g/mol. The second-order valence-electron chi connectivity index (χ2n) is 6.54. The van der Waals surface area contributed by atoms with Gasteiger partial charge < -0.3 is 15.2 Å². The van der Waals surface area contributed by atoms with E-state index in [1.54, 1.807) is 13.3 Å². The number of hydrogen-bond donors (Lipinski definition) is 2. The lowest BCUT2D eigenvalue weighted by Crippen LogP contribution is -2.41. The minimum absolute atomic E-state index is 0.000127. The van der Waals surface area contributed by atoms with Crippen molar-refractivity contribution in [2.75, 3.05) is 7.11 Å². The van der Waals surface area contributed by atoms with Crippen LogP contribution in [0.25, 0.3) is 0 Å². The Balaban J connectivity index is 1.60. The number of aryl methyl sites for hydroxylation is 1. The van der Waals surface area contributed by atoms with E-state index in [1.165, 1.54) is 0 Å². The Labute approximate surface area is 148 Å². The highest BCUT2D eigenvalue weighted by atomic mass is 16.5. The predicted molar refractivity (Wildman–Crippen MR) is 95.2 cm³/mol. The number of amides is 1. The molecule has 1 atom stereocenters. The van der Waals surface area contributed by atoms with Gasteiger partial charge in [-0.3, -0.25) is 9.78 Å². The standard InChI is InChI=1S/C20H24N2O3/c1-25-17-6-4-5-14(11-17)8-9-19(24)22-20(15-12-16(23)13-15)18-7-2-3-10-21-18/h2-7,10-11,15-16,20,23H,8-9,12-13H2,1H3,(H,22,24). The van der Waals surface area contributed by atoms with Gasteiger partial charge in [0.1, 0.15) is 5.75 Å². The van der Waals surface area contributed by atoms with Gasteiger partial charge in [0.05, 0.1) is 24.9 Å². The molecule has 132 valence electrons. The molecule has 1 heterocycles. The molecule has 0 radical (unpaired) electrons. The summed E-state index contributed by atoms with van der Waals surface area (Å²) in [5.74, 6) is 1.04. The molecule has 1 aliphatic carbocycles. The Morgan fingerprint density at radius 2 is 2.16 bits per heavy atom. The zero-order chi connectivity index (χ0) is 17.6. The molecule has 1 aliphatic rings. The van der Waals surface area contributed by atoms with Crippen molar-refractivity contribution in [3.8, 4) is 5.75 Å². The highest BCUT2D eigenvalue weighted by Crippen LogP contribution is 2.37. The van der Waals surface area contributed by atoms with Crippen LogP contribution in [-0.4, -0.2) is 29.2 Å². The summed E-state index contributed by atoms with van der Waals surface area (Å²) in [5.41, 5.74) is 1.93. The maximum absolute atomic E-state index is 12.4. The van der Waals surface area contributed by atoms with E-state index in [1.807, 2.05) is 42.5 Å². The van der Waals surface area contributed by atoms with Crippen LogP contribution in [0.4, 0.5) is 0 Å². The summed E-state index contributed by atoms with van der Waals surface area (Å²) in [4.78, 5) is 16.8. The summed E-state index contributed by atoms with van der Waals surface area (Å²) in [5, 5.41) is 12.7. The molecule has 3 rings (SSSR count). The molecule has 1 aromatic carbocycles. The van der Waals surface area contributed by atoms with Gasteiger partial charge in [-0.1, -0.05) is 18.2 Å². The van der Waals surface area contributed by atoms with E-state index in [4.69, 9.17) is 4.74 Å². The third-order valence-electron chi connectivity index (χ3n) is 4.72. The van der Waals surface area contributed by atoms with Crippen molar-refractivity contribution < 1.29 is 14.6 Å². The zero-order valence-corrected chi connectivity index (χ0v) is 14.4. The van der Waals surface area contributed by atoms with Gasteiger partial charge in [0, 0.05) is 12.6 Å². The molecule has 25 heavy (non-hydrogen) atoms. The van der Waals surface area contributed by atoms with Crippen LogP contribution >= 0.6 is 0 Å². The van der Waals surface area contributed by atoms with E-state index < -0.39 is 0 Å². The van der Waals surface area contributed by atoms with E-state index in [2.05, 4.69) is 10.3 Å². The van der Waals surface area contributed by atoms with Gasteiger partial charge >= 0.3 is 0 Å². The number of carbonyl (C=O) groups excluding carboxylic acids is 1. The van der Waals surface area contributed by atoms with Gasteiger partial charge in [-0.05, 0) is 55.0 Å². The lowest BCUT2D eigenvalue weighted by atomic mass is 9.76. The zero-order valence-electron chi connectivity index (χ0n) is 14.4. The number of pyridine rings is 1. The van der Waals surface area contributed by atoms with Crippen LogP contribution in [0.3, 0.4) is 0 Å². The number of carbonyl (C=O) groups is 1. The summed E-state index contributed by atoms with van der Waals surface area (Å²) in [7, 11) is 1.64. The van der Waals surface area contributed by atoms with Gasteiger partial charge in [0.25, 0.3) is 0 Å². The van der Waals surface area contributed by atoms with Crippen LogP contribution in [0.15, 0.2) is 48.7 Å². The molecular formula is C20H24N2O3. The Bertz CT molecular complexity index is 699. The third-order valence-corrected chi connectivity index (χ3v) is 4.72. The maximum atomic E-state index is 12.4. The van der Waals surface area contributed by atoms with Crippen molar-refractivity contribution in [2.24, 2.45) is 5.92 Å². The number of hydrogen-bond acceptors (Lipinski definition) is 4. The van der Waals surface area contributed by atoms with Crippen molar-refractivity contribution >= 4 is 5.91 Å². The van der Waals surface area contributed by atoms with Gasteiger partial charge in [-0.15, -0.1) is 0 Å². The minimum Gasteiger partial charge on any atom is -0.497 e. The molecule has 1 saturated carbocycles. The molecule has 2 aromatic rings. The van der Waals surface area contributed by atoms with E-state index in [0.717, 1.165) is 17.0 Å². The number of aliphatic hydroxyl groups excluding tert-OH is 1. The number of aromatic nitrogens is 1. The smallest absolute Gasteiger partial charge is 0.220 e. The van der Waals surface area contributed by atoms with Gasteiger partial charge in [-0.25, -0.2) is 0 Å². The summed E-state index contributed by atoms with van der Waals surface area (Å²) >= 11 is 0. The molecule has 1 fully saturated rings. The molecule has 0 bridgehead atoms. The van der Waals surface area contributed by atoms with Crippen LogP contribution in [-0.2, 0) is 11.2 Å². The van der Waals surface area contributed by atoms with Crippen molar-refractivity contribution in [2.45, 2.75) is 37.8 Å². The topological polar surface area (TPSA) is 71.5 Å². The first-order valence-electron chi connectivity index (χ1n) is 8.67. The second kappa shape index (κ2) is 8.12. The molecule has 1 aromatic heterocycles.